The lowest BCUT2D eigenvalue weighted by atomic mass is 10.2. The van der Waals surface area contributed by atoms with Gasteiger partial charge in [0.2, 0.25) is 0 Å². The van der Waals surface area contributed by atoms with E-state index >= 15 is 0 Å². The molecule has 0 amide bonds. The van der Waals surface area contributed by atoms with Gasteiger partial charge in [0, 0.05) is 91.2 Å². The molecule has 0 spiro atoms. The highest BCUT2D eigenvalue weighted by Gasteiger charge is 1.94. The molecule has 2 aromatic carbocycles. The molecule has 44 heavy (non-hydrogen) atoms. The number of rotatable bonds is 0. The van der Waals surface area contributed by atoms with E-state index in [1.54, 1.807) is 34.4 Å². The van der Waals surface area contributed by atoms with Crippen LogP contribution in [0.1, 0.15) is 0 Å². The first-order valence-corrected chi connectivity index (χ1v) is 13.9. The van der Waals surface area contributed by atoms with E-state index in [1.165, 1.54) is 22.7 Å². The smallest absolute Gasteiger partial charge is 0.137 e. The monoisotopic (exact) mass is 591 g/mol. The van der Waals surface area contributed by atoms with Crippen LogP contribution in [0.3, 0.4) is 0 Å². The van der Waals surface area contributed by atoms with Gasteiger partial charge in [0.15, 0.2) is 0 Å². The van der Waals surface area contributed by atoms with E-state index in [0.29, 0.717) is 0 Å². The SMILES string of the molecule is Cn1ccc2ccccc21.Cn1cccc1.Cn1cccn1.Cn1ccnc1.Cn1cnc2ccccc21.Cn1cncn1. The third kappa shape index (κ3) is 11.6. The molecule has 0 atom stereocenters. The minimum absolute atomic E-state index is 1.06. The molecule has 8 aromatic rings. The molecule has 0 saturated carbocycles. The number of fused-ring (bicyclic) bond motifs is 2. The van der Waals surface area contributed by atoms with E-state index in [0.717, 1.165) is 5.52 Å². The fourth-order valence-corrected chi connectivity index (χ4v) is 3.66. The van der Waals surface area contributed by atoms with Crippen LogP contribution in [0.4, 0.5) is 0 Å². The highest BCUT2D eigenvalue weighted by Crippen LogP contribution is 2.12. The minimum Gasteiger partial charge on any atom is -0.357 e. The van der Waals surface area contributed by atoms with Gasteiger partial charge in [-0.15, -0.1) is 0 Å². The molecular weight excluding hydrogens is 550 g/mol. The molecule has 6 aromatic heterocycles. The molecule has 0 unspecified atom stereocenters. The van der Waals surface area contributed by atoms with E-state index in [9.17, 15) is 0 Å². The summed E-state index contributed by atoms with van der Waals surface area (Å²) in [6.07, 6.45) is 20.1. The van der Waals surface area contributed by atoms with Crippen molar-refractivity contribution in [3.8, 4) is 0 Å². The molecule has 0 N–H and O–H groups in total. The fourth-order valence-electron chi connectivity index (χ4n) is 3.66. The first-order chi connectivity index (χ1) is 21.3. The Bertz CT molecular complexity index is 1610. The summed E-state index contributed by atoms with van der Waals surface area (Å²) in [7, 11) is 11.7. The summed E-state index contributed by atoms with van der Waals surface area (Å²) in [4.78, 5) is 11.6. The number of hydrogen-bond donors (Lipinski definition) is 0. The van der Waals surface area contributed by atoms with Crippen LogP contribution in [-0.2, 0) is 42.3 Å². The summed E-state index contributed by atoms with van der Waals surface area (Å²) in [5.74, 6) is 0. The van der Waals surface area contributed by atoms with E-state index in [1.807, 2.05) is 116 Å². The fraction of sp³-hybridized carbons (Fsp3) is 0.182. The van der Waals surface area contributed by atoms with Crippen LogP contribution < -0.4 is 0 Å². The largest absolute Gasteiger partial charge is 0.357 e. The molecule has 0 aliphatic carbocycles. The first-order valence-electron chi connectivity index (χ1n) is 13.9. The predicted octanol–water partition coefficient (Wildman–Crippen LogP) is 5.43. The number of para-hydroxylation sites is 3. The molecular formula is C33H41N11. The Hall–Kier alpha value is -5.71. The molecule has 8 rings (SSSR count). The molecule has 0 fully saturated rings. The van der Waals surface area contributed by atoms with Crippen molar-refractivity contribution in [1.29, 1.82) is 0 Å². The van der Waals surface area contributed by atoms with Crippen LogP contribution in [-0.4, -0.2) is 52.8 Å². The van der Waals surface area contributed by atoms with Crippen LogP contribution in [0.5, 0.6) is 0 Å². The van der Waals surface area contributed by atoms with Crippen molar-refractivity contribution in [3.05, 3.63) is 141 Å². The normalized spacial score (nSPS) is 9.59. The number of aryl methyl sites for hydroxylation is 6. The number of hydrogen-bond acceptors (Lipinski definition) is 5. The van der Waals surface area contributed by atoms with Gasteiger partial charge in [0.25, 0.3) is 0 Å². The Balaban J connectivity index is 0.000000147. The van der Waals surface area contributed by atoms with Gasteiger partial charge < -0.3 is 18.3 Å². The number of aromatic nitrogens is 11. The summed E-state index contributed by atoms with van der Waals surface area (Å²) < 4.78 is 11.4. The summed E-state index contributed by atoms with van der Waals surface area (Å²) in [6.45, 7) is 0. The van der Waals surface area contributed by atoms with Gasteiger partial charge in [-0.1, -0.05) is 30.3 Å². The number of nitrogens with zero attached hydrogens (tertiary/aromatic N) is 11. The summed E-state index contributed by atoms with van der Waals surface area (Å²) in [6, 6.07) is 24.4. The van der Waals surface area contributed by atoms with Crippen molar-refractivity contribution >= 4 is 21.9 Å². The summed E-state index contributed by atoms with van der Waals surface area (Å²) in [5, 5.41) is 8.87. The molecule has 11 heteroatoms. The third-order valence-electron chi connectivity index (χ3n) is 5.99. The van der Waals surface area contributed by atoms with Gasteiger partial charge in [0.05, 0.1) is 23.7 Å². The van der Waals surface area contributed by atoms with Gasteiger partial charge in [-0.2, -0.15) is 10.2 Å². The number of benzene rings is 2. The van der Waals surface area contributed by atoms with Gasteiger partial charge in [-0.3, -0.25) is 9.36 Å². The van der Waals surface area contributed by atoms with E-state index in [2.05, 4.69) is 79.4 Å². The Kier molecular flexibility index (Phi) is 13.4. The molecule has 11 nitrogen and oxygen atoms in total. The zero-order valence-electron chi connectivity index (χ0n) is 26.2. The zero-order valence-corrected chi connectivity index (χ0v) is 26.2. The predicted molar refractivity (Wildman–Crippen MR) is 176 cm³/mol. The maximum atomic E-state index is 4.18. The second-order valence-electron chi connectivity index (χ2n) is 9.66. The molecule has 228 valence electrons. The van der Waals surface area contributed by atoms with Crippen molar-refractivity contribution in [2.75, 3.05) is 0 Å². The first kappa shape index (κ1) is 32.8. The molecule has 0 radical (unpaired) electrons. The second-order valence-corrected chi connectivity index (χ2v) is 9.66. The Morgan fingerprint density at radius 1 is 0.477 bits per heavy atom. The zero-order chi connectivity index (χ0) is 31.6. The minimum atomic E-state index is 1.06. The average Bonchev–Trinajstić information content (AvgIpc) is 3.88. The molecule has 0 aliphatic heterocycles. The van der Waals surface area contributed by atoms with Crippen molar-refractivity contribution in [1.82, 2.24) is 52.8 Å². The highest BCUT2D eigenvalue weighted by atomic mass is 15.3. The maximum Gasteiger partial charge on any atom is 0.137 e. The topological polar surface area (TPSA) is 94.0 Å². The van der Waals surface area contributed by atoms with Gasteiger partial charge in [-0.25, -0.2) is 15.0 Å². The van der Waals surface area contributed by atoms with E-state index < -0.39 is 0 Å². The van der Waals surface area contributed by atoms with Crippen LogP contribution in [0, 0.1) is 0 Å². The average molecular weight is 592 g/mol. The van der Waals surface area contributed by atoms with Crippen LogP contribution in [0.15, 0.2) is 141 Å². The molecule has 0 saturated heterocycles. The Morgan fingerprint density at radius 3 is 1.64 bits per heavy atom. The quantitative estimate of drug-likeness (QED) is 0.234. The van der Waals surface area contributed by atoms with Crippen LogP contribution >= 0.6 is 0 Å². The standard InChI is InChI=1S/C9H9N.C8H8N2.C5H7N.2C4H6N2.C3H5N3/c1-10-7-6-8-4-2-3-5-9(8)10;1-10-6-9-7-4-2-3-5-8(7)10;1-6-4-2-3-5-6;1-6-3-2-5-4-6;1-6-4-2-3-5-6;1-6-3-4-2-5-6/h2-7H,1H3;2-6H,1H3;2-5H,1H3;2*2-4H,1H3;2-3H,1H3. The van der Waals surface area contributed by atoms with Crippen molar-refractivity contribution in [2.24, 2.45) is 42.3 Å². The van der Waals surface area contributed by atoms with Gasteiger partial charge >= 0.3 is 0 Å². The lowest BCUT2D eigenvalue weighted by molar-refractivity contribution is 0.765. The maximum absolute atomic E-state index is 4.18. The van der Waals surface area contributed by atoms with Gasteiger partial charge in [0.1, 0.15) is 12.7 Å². The summed E-state index contributed by atoms with van der Waals surface area (Å²) >= 11 is 0. The van der Waals surface area contributed by atoms with Crippen molar-refractivity contribution in [3.63, 3.8) is 0 Å². The highest BCUT2D eigenvalue weighted by molar-refractivity contribution is 5.79. The molecule has 0 aliphatic rings. The summed E-state index contributed by atoms with van der Waals surface area (Å²) in [5.41, 5.74) is 3.54. The van der Waals surface area contributed by atoms with Crippen LogP contribution in [0.25, 0.3) is 21.9 Å². The third-order valence-corrected chi connectivity index (χ3v) is 5.99. The molecule has 0 bridgehead atoms. The van der Waals surface area contributed by atoms with Crippen molar-refractivity contribution < 1.29 is 0 Å². The second kappa shape index (κ2) is 18.0. The van der Waals surface area contributed by atoms with Crippen molar-refractivity contribution in [2.45, 2.75) is 0 Å². The molecule has 6 heterocycles. The number of imidazole rings is 2. The van der Waals surface area contributed by atoms with E-state index in [-0.39, 0.29) is 0 Å². The lowest BCUT2D eigenvalue weighted by Crippen LogP contribution is -1.83. The Labute approximate surface area is 258 Å². The van der Waals surface area contributed by atoms with Crippen LogP contribution in [0.2, 0.25) is 0 Å². The Morgan fingerprint density at radius 2 is 1.20 bits per heavy atom. The van der Waals surface area contributed by atoms with E-state index in [4.69, 9.17) is 0 Å². The lowest BCUT2D eigenvalue weighted by Gasteiger charge is -1.92. The van der Waals surface area contributed by atoms with Gasteiger partial charge in [-0.05, 0) is 47.9 Å².